The molecule has 3 aromatic carbocycles. The van der Waals surface area contributed by atoms with Gasteiger partial charge in [-0.2, -0.15) is 5.10 Å². The van der Waals surface area contributed by atoms with Gasteiger partial charge in [0.1, 0.15) is 0 Å². The lowest BCUT2D eigenvalue weighted by Gasteiger charge is -2.18. The van der Waals surface area contributed by atoms with Gasteiger partial charge in [0.25, 0.3) is 0 Å². The number of aryl methyl sites for hydroxylation is 2. The normalized spacial score (nSPS) is 12.5. The van der Waals surface area contributed by atoms with Crippen LogP contribution in [-0.4, -0.2) is 25.1 Å². The average Bonchev–Trinajstić information content (AvgIpc) is 3.17. The number of hydrogen-bond acceptors (Lipinski definition) is 4. The molecular weight excluding hydrogens is 564 g/mol. The van der Waals surface area contributed by atoms with Crippen molar-refractivity contribution in [3.63, 3.8) is 0 Å². The molecule has 38 heavy (non-hydrogen) atoms. The molecular formula is C29H29BrN4O3S. The number of halogens is 1. The van der Waals surface area contributed by atoms with Gasteiger partial charge in [0.15, 0.2) is 0 Å². The fraction of sp³-hybridized carbons (Fsp3) is 0.172. The predicted octanol–water partition coefficient (Wildman–Crippen LogP) is 5.73. The van der Waals surface area contributed by atoms with Crippen LogP contribution in [0.1, 0.15) is 40.5 Å². The van der Waals surface area contributed by atoms with Crippen molar-refractivity contribution >= 4 is 38.1 Å². The first kappa shape index (κ1) is 27.5. The molecule has 0 saturated carbocycles. The molecule has 4 rings (SSSR count). The van der Waals surface area contributed by atoms with Gasteiger partial charge in [-0.25, -0.2) is 18.6 Å². The van der Waals surface area contributed by atoms with Crippen LogP contribution in [0.4, 0.5) is 0 Å². The van der Waals surface area contributed by atoms with Gasteiger partial charge in [-0.15, -0.1) is 0 Å². The van der Waals surface area contributed by atoms with E-state index in [1.54, 1.807) is 54.7 Å². The number of sulfonamides is 1. The van der Waals surface area contributed by atoms with Crippen LogP contribution in [0.3, 0.4) is 0 Å². The summed E-state index contributed by atoms with van der Waals surface area (Å²) in [5.41, 5.74) is 8.09. The highest BCUT2D eigenvalue weighted by molar-refractivity contribution is 9.10. The zero-order valence-electron chi connectivity index (χ0n) is 21.4. The van der Waals surface area contributed by atoms with Gasteiger partial charge in [0.05, 0.1) is 17.2 Å². The van der Waals surface area contributed by atoms with E-state index in [1.165, 1.54) is 0 Å². The number of carbonyl (C=O) groups excluding carboxylic acids is 1. The second-order valence-corrected chi connectivity index (χ2v) is 11.7. The maximum atomic E-state index is 13.0. The van der Waals surface area contributed by atoms with Crippen LogP contribution >= 0.6 is 15.9 Å². The van der Waals surface area contributed by atoms with Crippen molar-refractivity contribution in [2.45, 2.75) is 38.1 Å². The van der Waals surface area contributed by atoms with Crippen molar-refractivity contribution in [1.82, 2.24) is 14.7 Å². The van der Waals surface area contributed by atoms with Crippen molar-refractivity contribution < 1.29 is 13.2 Å². The fourth-order valence-electron chi connectivity index (χ4n) is 4.20. The van der Waals surface area contributed by atoms with E-state index >= 15 is 0 Å². The standard InChI is InChI=1S/C29H29BrN4O3S/c1-20-9-15-27(16-10-20)38(36,37)33-28(23-7-5-4-6-8-23)18-29(35)32-31-19-24-17-21(2)34(22(24)3)26-13-11-25(30)12-14-26/h4-17,19,28,33H,18H2,1-3H3,(H,32,35)/b31-19-/t28-/m1/s1. The third kappa shape index (κ3) is 6.66. The summed E-state index contributed by atoms with van der Waals surface area (Å²) in [6, 6.07) is 24.8. The Hall–Kier alpha value is -3.53. The van der Waals surface area contributed by atoms with Crippen LogP contribution in [0.5, 0.6) is 0 Å². The lowest BCUT2D eigenvalue weighted by atomic mass is 10.0. The lowest BCUT2D eigenvalue weighted by molar-refractivity contribution is -0.121. The molecule has 1 aromatic heterocycles. The number of amides is 1. The van der Waals surface area contributed by atoms with Crippen molar-refractivity contribution in [2.75, 3.05) is 0 Å². The van der Waals surface area contributed by atoms with E-state index in [-0.39, 0.29) is 11.3 Å². The van der Waals surface area contributed by atoms with E-state index in [0.29, 0.717) is 5.56 Å². The molecule has 0 fully saturated rings. The van der Waals surface area contributed by atoms with Crippen LogP contribution in [0.2, 0.25) is 0 Å². The minimum atomic E-state index is -3.84. The van der Waals surface area contributed by atoms with Gasteiger partial charge in [0.2, 0.25) is 15.9 Å². The van der Waals surface area contributed by atoms with E-state index in [4.69, 9.17) is 0 Å². The Morgan fingerprint density at radius 1 is 0.974 bits per heavy atom. The topological polar surface area (TPSA) is 92.6 Å². The summed E-state index contributed by atoms with van der Waals surface area (Å²) in [5, 5.41) is 4.15. The quantitative estimate of drug-likeness (QED) is 0.192. The predicted molar refractivity (Wildman–Crippen MR) is 154 cm³/mol. The first-order valence-corrected chi connectivity index (χ1v) is 14.3. The molecule has 0 radical (unpaired) electrons. The van der Waals surface area contributed by atoms with Crippen molar-refractivity contribution in [1.29, 1.82) is 0 Å². The Kier molecular flexibility index (Phi) is 8.61. The Balaban J connectivity index is 1.48. The number of nitrogens with zero attached hydrogens (tertiary/aromatic N) is 2. The fourth-order valence-corrected chi connectivity index (χ4v) is 5.69. The SMILES string of the molecule is Cc1ccc(S(=O)(=O)N[C@H](CC(=O)N/N=C\c2cc(C)n(-c3ccc(Br)cc3)c2C)c2ccccc2)cc1. The highest BCUT2D eigenvalue weighted by Gasteiger charge is 2.23. The minimum Gasteiger partial charge on any atom is -0.318 e. The van der Waals surface area contributed by atoms with E-state index in [0.717, 1.165) is 32.7 Å². The third-order valence-corrected chi connectivity index (χ3v) is 8.18. The molecule has 2 N–H and O–H groups in total. The molecule has 0 saturated heterocycles. The Morgan fingerprint density at radius 3 is 2.29 bits per heavy atom. The summed E-state index contributed by atoms with van der Waals surface area (Å²) in [5.74, 6) is -0.413. The second-order valence-electron chi connectivity index (χ2n) is 9.03. The van der Waals surface area contributed by atoms with Crippen molar-refractivity contribution in [2.24, 2.45) is 5.10 Å². The van der Waals surface area contributed by atoms with Gasteiger partial charge in [-0.1, -0.05) is 64.0 Å². The van der Waals surface area contributed by atoms with Gasteiger partial charge < -0.3 is 4.57 Å². The first-order chi connectivity index (χ1) is 18.1. The zero-order chi connectivity index (χ0) is 27.3. The van der Waals surface area contributed by atoms with Crippen LogP contribution in [0.25, 0.3) is 5.69 Å². The van der Waals surface area contributed by atoms with Crippen LogP contribution < -0.4 is 10.1 Å². The van der Waals surface area contributed by atoms with E-state index in [9.17, 15) is 13.2 Å². The summed E-state index contributed by atoms with van der Waals surface area (Å²) < 4.78 is 31.9. The van der Waals surface area contributed by atoms with Crippen LogP contribution in [0.15, 0.2) is 99.4 Å². The third-order valence-electron chi connectivity index (χ3n) is 6.17. The molecule has 196 valence electrons. The molecule has 7 nitrogen and oxygen atoms in total. The monoisotopic (exact) mass is 592 g/mol. The summed E-state index contributed by atoms with van der Waals surface area (Å²) in [6.45, 7) is 5.89. The number of nitrogens with one attached hydrogen (secondary N) is 2. The zero-order valence-corrected chi connectivity index (χ0v) is 23.8. The van der Waals surface area contributed by atoms with E-state index in [2.05, 4.69) is 35.7 Å². The lowest BCUT2D eigenvalue weighted by Crippen LogP contribution is -2.32. The number of benzene rings is 3. The van der Waals surface area contributed by atoms with Gasteiger partial charge in [-0.3, -0.25) is 4.79 Å². The number of rotatable bonds is 9. The smallest absolute Gasteiger partial charge is 0.242 e. The number of hydrazone groups is 1. The Bertz CT molecular complexity index is 1550. The van der Waals surface area contributed by atoms with Crippen molar-refractivity contribution in [3.8, 4) is 5.69 Å². The molecule has 4 aromatic rings. The number of aromatic nitrogens is 1. The summed E-state index contributed by atoms with van der Waals surface area (Å²) >= 11 is 3.46. The van der Waals surface area contributed by atoms with Gasteiger partial charge >= 0.3 is 0 Å². The van der Waals surface area contributed by atoms with Crippen LogP contribution in [-0.2, 0) is 14.8 Å². The van der Waals surface area contributed by atoms with Crippen LogP contribution in [0, 0.1) is 20.8 Å². The molecule has 0 aliphatic heterocycles. The maximum absolute atomic E-state index is 13.0. The summed E-state index contributed by atoms with van der Waals surface area (Å²) in [7, 11) is -3.84. The summed E-state index contributed by atoms with van der Waals surface area (Å²) in [6.07, 6.45) is 1.48. The molecule has 0 aliphatic rings. The molecule has 1 atom stereocenters. The maximum Gasteiger partial charge on any atom is 0.242 e. The molecule has 0 spiro atoms. The summed E-state index contributed by atoms with van der Waals surface area (Å²) in [4.78, 5) is 13.0. The Morgan fingerprint density at radius 2 is 1.63 bits per heavy atom. The molecule has 1 heterocycles. The highest BCUT2D eigenvalue weighted by atomic mass is 79.9. The molecule has 0 aliphatic carbocycles. The number of hydrogen-bond donors (Lipinski definition) is 2. The molecule has 0 unspecified atom stereocenters. The number of carbonyl (C=O) groups is 1. The van der Waals surface area contributed by atoms with Gasteiger partial charge in [0, 0.05) is 33.5 Å². The second kappa shape index (κ2) is 11.9. The van der Waals surface area contributed by atoms with E-state index in [1.807, 2.05) is 57.2 Å². The first-order valence-electron chi connectivity index (χ1n) is 12.0. The molecule has 9 heteroatoms. The Labute approximate surface area is 231 Å². The van der Waals surface area contributed by atoms with Gasteiger partial charge in [-0.05, 0) is 68.8 Å². The largest absolute Gasteiger partial charge is 0.318 e. The minimum absolute atomic E-state index is 0.121. The highest BCUT2D eigenvalue weighted by Crippen LogP contribution is 2.23. The van der Waals surface area contributed by atoms with E-state index < -0.39 is 22.0 Å². The average molecular weight is 594 g/mol. The molecule has 0 bridgehead atoms. The van der Waals surface area contributed by atoms with Crippen molar-refractivity contribution in [3.05, 3.63) is 117 Å². The molecule has 1 amide bonds.